The van der Waals surface area contributed by atoms with Gasteiger partial charge in [0.05, 0.1) is 0 Å². The summed E-state index contributed by atoms with van der Waals surface area (Å²) in [5.74, 6) is 0.993. The topological polar surface area (TPSA) is 64.7 Å². The average molecular weight is 409 g/mol. The number of piperazine rings is 1. The highest BCUT2D eigenvalue weighted by Gasteiger charge is 2.30. The van der Waals surface area contributed by atoms with E-state index in [4.69, 9.17) is 0 Å². The minimum Gasteiger partial charge on any atom is -0.354 e. The van der Waals surface area contributed by atoms with Gasteiger partial charge in [-0.25, -0.2) is 0 Å². The van der Waals surface area contributed by atoms with Gasteiger partial charge < -0.3 is 20.4 Å². The van der Waals surface area contributed by atoms with E-state index in [1.807, 2.05) is 0 Å². The molecular formula is C23H44N4O2. The zero-order valence-electron chi connectivity index (χ0n) is 19.2. The summed E-state index contributed by atoms with van der Waals surface area (Å²) in [5, 5.41) is 6.17. The van der Waals surface area contributed by atoms with Gasteiger partial charge in [-0.1, -0.05) is 34.1 Å². The molecule has 0 aromatic heterocycles. The van der Waals surface area contributed by atoms with E-state index in [1.54, 1.807) is 0 Å². The summed E-state index contributed by atoms with van der Waals surface area (Å²) in [6, 6.07) is -0.417. The summed E-state index contributed by atoms with van der Waals surface area (Å²) >= 11 is 0. The third kappa shape index (κ3) is 7.89. The molecule has 0 aromatic rings. The molecule has 2 fully saturated rings. The number of hydrogen-bond acceptors (Lipinski definition) is 4. The molecule has 1 aliphatic heterocycles. The second-order valence-electron chi connectivity index (χ2n) is 9.25. The van der Waals surface area contributed by atoms with Crippen LogP contribution in [0.25, 0.3) is 0 Å². The SMILES string of the molecule is CCC(C)C(NC(=O)C1CCC(C)CC1)C(=O)NCCCN1CCN(CC)CC1. The second-order valence-corrected chi connectivity index (χ2v) is 9.25. The van der Waals surface area contributed by atoms with Crippen LogP contribution in [0, 0.1) is 17.8 Å². The quantitative estimate of drug-likeness (QED) is 0.545. The van der Waals surface area contributed by atoms with Gasteiger partial charge >= 0.3 is 0 Å². The number of hydrogen-bond donors (Lipinski definition) is 2. The van der Waals surface area contributed by atoms with Gasteiger partial charge in [-0.3, -0.25) is 9.59 Å². The van der Waals surface area contributed by atoms with Gasteiger partial charge in [0.25, 0.3) is 0 Å². The molecule has 0 radical (unpaired) electrons. The number of nitrogens with zero attached hydrogens (tertiary/aromatic N) is 2. The van der Waals surface area contributed by atoms with Crippen LogP contribution in [0.4, 0.5) is 0 Å². The van der Waals surface area contributed by atoms with Gasteiger partial charge in [0.2, 0.25) is 11.8 Å². The van der Waals surface area contributed by atoms with Gasteiger partial charge in [0.1, 0.15) is 6.04 Å². The standard InChI is InChI=1S/C23H44N4O2/c1-5-19(4)21(25-22(28)20-10-8-18(3)9-11-20)23(29)24-12-7-13-27-16-14-26(6-2)15-17-27/h18-21H,5-17H2,1-4H3,(H,24,29)(H,25,28). The van der Waals surface area contributed by atoms with Crippen molar-refractivity contribution in [3.63, 3.8) is 0 Å². The first-order valence-corrected chi connectivity index (χ1v) is 12.0. The lowest BCUT2D eigenvalue weighted by molar-refractivity contribution is -0.133. The van der Waals surface area contributed by atoms with E-state index < -0.39 is 6.04 Å². The smallest absolute Gasteiger partial charge is 0.242 e. The molecule has 1 heterocycles. The molecule has 2 N–H and O–H groups in total. The highest BCUT2D eigenvalue weighted by atomic mass is 16.2. The first-order chi connectivity index (χ1) is 13.9. The molecule has 2 atom stereocenters. The molecule has 2 amide bonds. The minimum atomic E-state index is -0.417. The van der Waals surface area contributed by atoms with Crippen LogP contribution < -0.4 is 10.6 Å². The van der Waals surface area contributed by atoms with E-state index in [0.29, 0.717) is 6.54 Å². The number of carbonyl (C=O) groups excluding carboxylic acids is 2. The Hall–Kier alpha value is -1.14. The van der Waals surface area contributed by atoms with E-state index in [1.165, 1.54) is 0 Å². The molecule has 0 aromatic carbocycles. The van der Waals surface area contributed by atoms with Gasteiger partial charge in [0.15, 0.2) is 0 Å². The summed E-state index contributed by atoms with van der Waals surface area (Å²) in [6.07, 6.45) is 5.97. The largest absolute Gasteiger partial charge is 0.354 e. The summed E-state index contributed by atoms with van der Waals surface area (Å²) < 4.78 is 0. The molecule has 1 saturated carbocycles. The maximum atomic E-state index is 12.8. The maximum absolute atomic E-state index is 12.8. The Morgan fingerprint density at radius 3 is 2.21 bits per heavy atom. The first-order valence-electron chi connectivity index (χ1n) is 12.0. The minimum absolute atomic E-state index is 0.0207. The summed E-state index contributed by atoms with van der Waals surface area (Å²) in [4.78, 5) is 30.5. The molecule has 1 aliphatic carbocycles. The van der Waals surface area contributed by atoms with E-state index >= 15 is 0 Å². The third-order valence-corrected chi connectivity index (χ3v) is 7.04. The van der Waals surface area contributed by atoms with Crippen molar-refractivity contribution in [2.75, 3.05) is 45.8 Å². The lowest BCUT2D eigenvalue weighted by Crippen LogP contribution is -2.52. The molecule has 6 nitrogen and oxygen atoms in total. The van der Waals surface area contributed by atoms with Gasteiger partial charge in [-0.15, -0.1) is 0 Å². The van der Waals surface area contributed by atoms with E-state index in [-0.39, 0.29) is 23.7 Å². The Labute approximate surface area is 178 Å². The zero-order valence-corrected chi connectivity index (χ0v) is 19.2. The Balaban J connectivity index is 1.73. The molecule has 6 heteroatoms. The van der Waals surface area contributed by atoms with E-state index in [2.05, 4.69) is 48.1 Å². The number of nitrogens with one attached hydrogen (secondary N) is 2. The van der Waals surface area contributed by atoms with Gasteiger partial charge in [0, 0.05) is 38.6 Å². The Bertz CT molecular complexity index is 497. The predicted molar refractivity (Wildman–Crippen MR) is 119 cm³/mol. The van der Waals surface area contributed by atoms with Crippen molar-refractivity contribution >= 4 is 11.8 Å². The van der Waals surface area contributed by atoms with Crippen molar-refractivity contribution in [3.05, 3.63) is 0 Å². The van der Waals surface area contributed by atoms with Crippen LogP contribution in [-0.4, -0.2) is 73.5 Å². The third-order valence-electron chi connectivity index (χ3n) is 7.04. The monoisotopic (exact) mass is 408 g/mol. The predicted octanol–water partition coefficient (Wildman–Crippen LogP) is 2.49. The highest BCUT2D eigenvalue weighted by Crippen LogP contribution is 2.28. The van der Waals surface area contributed by atoms with Crippen LogP contribution in [0.3, 0.4) is 0 Å². The fourth-order valence-corrected chi connectivity index (χ4v) is 4.45. The average Bonchev–Trinajstić information content (AvgIpc) is 2.75. The molecule has 2 rings (SSSR count). The first kappa shape index (κ1) is 24.1. The number of likely N-dealkylation sites (N-methyl/N-ethyl adjacent to an activating group) is 1. The van der Waals surface area contributed by atoms with Crippen LogP contribution >= 0.6 is 0 Å². The molecular weight excluding hydrogens is 364 g/mol. The summed E-state index contributed by atoms with van der Waals surface area (Å²) in [6.45, 7) is 16.0. The fraction of sp³-hybridized carbons (Fsp3) is 0.913. The zero-order chi connectivity index (χ0) is 21.2. The van der Waals surface area contributed by atoms with Crippen LogP contribution in [0.1, 0.15) is 66.2 Å². The lowest BCUT2D eigenvalue weighted by Gasteiger charge is -2.34. The van der Waals surface area contributed by atoms with E-state index in [9.17, 15) is 9.59 Å². The molecule has 29 heavy (non-hydrogen) atoms. The van der Waals surface area contributed by atoms with E-state index in [0.717, 1.165) is 83.7 Å². The summed E-state index contributed by atoms with van der Waals surface area (Å²) in [7, 11) is 0. The number of carbonyl (C=O) groups is 2. The lowest BCUT2D eigenvalue weighted by atomic mass is 9.82. The molecule has 1 saturated heterocycles. The fourth-order valence-electron chi connectivity index (χ4n) is 4.45. The van der Waals surface area contributed by atoms with Crippen LogP contribution in [0.15, 0.2) is 0 Å². The van der Waals surface area contributed by atoms with Crippen molar-refractivity contribution in [1.29, 1.82) is 0 Å². The molecule has 168 valence electrons. The Kier molecular flexibility index (Phi) is 10.4. The number of amides is 2. The van der Waals surface area contributed by atoms with Crippen molar-refractivity contribution in [3.8, 4) is 0 Å². The number of rotatable bonds is 10. The van der Waals surface area contributed by atoms with Crippen molar-refractivity contribution in [2.45, 2.75) is 72.3 Å². The van der Waals surface area contributed by atoms with Crippen LogP contribution in [0.5, 0.6) is 0 Å². The van der Waals surface area contributed by atoms with Crippen LogP contribution in [0.2, 0.25) is 0 Å². The highest BCUT2D eigenvalue weighted by molar-refractivity contribution is 5.88. The maximum Gasteiger partial charge on any atom is 0.242 e. The normalized spacial score (nSPS) is 25.9. The van der Waals surface area contributed by atoms with Gasteiger partial charge in [-0.2, -0.15) is 0 Å². The summed E-state index contributed by atoms with van der Waals surface area (Å²) in [5.41, 5.74) is 0. The second kappa shape index (κ2) is 12.5. The molecule has 2 unspecified atom stereocenters. The van der Waals surface area contributed by atoms with Gasteiger partial charge in [-0.05, 0) is 57.0 Å². The van der Waals surface area contributed by atoms with Crippen molar-refractivity contribution in [1.82, 2.24) is 20.4 Å². The van der Waals surface area contributed by atoms with Crippen molar-refractivity contribution < 1.29 is 9.59 Å². The molecule has 0 bridgehead atoms. The molecule has 2 aliphatic rings. The van der Waals surface area contributed by atoms with Crippen molar-refractivity contribution in [2.24, 2.45) is 17.8 Å². The van der Waals surface area contributed by atoms with Crippen LogP contribution in [-0.2, 0) is 9.59 Å². The molecule has 0 spiro atoms. The Morgan fingerprint density at radius 2 is 1.62 bits per heavy atom. The Morgan fingerprint density at radius 1 is 1.00 bits per heavy atom.